The Labute approximate surface area is 133 Å². The molecule has 0 bridgehead atoms. The zero-order valence-electron chi connectivity index (χ0n) is 13.4. The van der Waals surface area contributed by atoms with Crippen LogP contribution in [0.4, 0.5) is 0 Å². The van der Waals surface area contributed by atoms with Crippen LogP contribution in [0.2, 0.25) is 0 Å². The van der Waals surface area contributed by atoms with E-state index in [2.05, 4.69) is 46.7 Å². The molecular weight excluding hydrogens is 274 g/mol. The highest BCUT2D eigenvalue weighted by Gasteiger charge is 2.30. The SMILES string of the molecule is CC(C(=O)NC(CN1CCCC1)c1ccccc1)C1CNC1. The number of carbonyl (C=O) groups is 1. The summed E-state index contributed by atoms with van der Waals surface area (Å²) in [5.41, 5.74) is 1.21. The predicted octanol–water partition coefficient (Wildman–Crippen LogP) is 1.80. The molecule has 2 heterocycles. The number of hydrogen-bond acceptors (Lipinski definition) is 3. The molecule has 2 saturated heterocycles. The van der Waals surface area contributed by atoms with Crippen LogP contribution < -0.4 is 10.6 Å². The van der Waals surface area contributed by atoms with Gasteiger partial charge < -0.3 is 15.5 Å². The fourth-order valence-corrected chi connectivity index (χ4v) is 3.32. The van der Waals surface area contributed by atoms with Crippen LogP contribution in [0, 0.1) is 11.8 Å². The van der Waals surface area contributed by atoms with E-state index >= 15 is 0 Å². The van der Waals surface area contributed by atoms with Gasteiger partial charge in [0.25, 0.3) is 0 Å². The monoisotopic (exact) mass is 301 g/mol. The van der Waals surface area contributed by atoms with Gasteiger partial charge in [-0.2, -0.15) is 0 Å². The summed E-state index contributed by atoms with van der Waals surface area (Å²) in [5, 5.41) is 6.55. The maximum Gasteiger partial charge on any atom is 0.223 e. The lowest BCUT2D eigenvalue weighted by Gasteiger charge is -2.33. The molecule has 0 saturated carbocycles. The molecule has 2 aliphatic rings. The Kier molecular flexibility index (Phi) is 5.11. The molecule has 2 fully saturated rings. The maximum absolute atomic E-state index is 12.6. The third-order valence-electron chi connectivity index (χ3n) is 5.09. The van der Waals surface area contributed by atoms with E-state index in [-0.39, 0.29) is 17.9 Å². The second kappa shape index (κ2) is 7.25. The number of carbonyl (C=O) groups excluding carboxylic acids is 1. The second-order valence-corrected chi connectivity index (χ2v) is 6.69. The molecule has 0 aliphatic carbocycles. The van der Waals surface area contributed by atoms with Crippen molar-refractivity contribution >= 4 is 5.91 Å². The first-order chi connectivity index (χ1) is 10.7. The van der Waals surface area contributed by atoms with Crippen molar-refractivity contribution in [3.8, 4) is 0 Å². The van der Waals surface area contributed by atoms with Gasteiger partial charge in [0.15, 0.2) is 0 Å². The molecule has 2 unspecified atom stereocenters. The normalized spacial score (nSPS) is 22.0. The predicted molar refractivity (Wildman–Crippen MR) is 88.5 cm³/mol. The van der Waals surface area contributed by atoms with Gasteiger partial charge in [0.2, 0.25) is 5.91 Å². The molecular formula is C18H27N3O. The molecule has 2 atom stereocenters. The minimum Gasteiger partial charge on any atom is -0.348 e. The summed E-state index contributed by atoms with van der Waals surface area (Å²) in [6, 6.07) is 10.5. The highest BCUT2D eigenvalue weighted by atomic mass is 16.2. The molecule has 1 aromatic carbocycles. The van der Waals surface area contributed by atoms with E-state index in [1.54, 1.807) is 0 Å². The van der Waals surface area contributed by atoms with Gasteiger partial charge >= 0.3 is 0 Å². The average molecular weight is 301 g/mol. The van der Waals surface area contributed by atoms with E-state index < -0.39 is 0 Å². The summed E-state index contributed by atoms with van der Waals surface area (Å²) < 4.78 is 0. The van der Waals surface area contributed by atoms with E-state index in [1.165, 1.54) is 18.4 Å². The van der Waals surface area contributed by atoms with Crippen molar-refractivity contribution in [1.82, 2.24) is 15.5 Å². The lowest BCUT2D eigenvalue weighted by atomic mass is 9.88. The number of likely N-dealkylation sites (tertiary alicyclic amines) is 1. The lowest BCUT2D eigenvalue weighted by molar-refractivity contribution is -0.127. The molecule has 0 spiro atoms. The van der Waals surface area contributed by atoms with E-state index in [0.29, 0.717) is 5.92 Å². The number of hydrogen-bond donors (Lipinski definition) is 2. The van der Waals surface area contributed by atoms with Crippen molar-refractivity contribution in [2.24, 2.45) is 11.8 Å². The summed E-state index contributed by atoms with van der Waals surface area (Å²) in [6.07, 6.45) is 2.55. The Hall–Kier alpha value is -1.39. The average Bonchev–Trinajstić information content (AvgIpc) is 2.98. The van der Waals surface area contributed by atoms with Crippen LogP contribution in [0.25, 0.3) is 0 Å². The van der Waals surface area contributed by atoms with E-state index in [0.717, 1.165) is 32.7 Å². The Balaban J connectivity index is 1.65. The van der Waals surface area contributed by atoms with Gasteiger partial charge in [0, 0.05) is 12.5 Å². The zero-order chi connectivity index (χ0) is 15.4. The molecule has 4 nitrogen and oxygen atoms in total. The standard InChI is InChI=1S/C18H27N3O/c1-14(16-11-19-12-16)18(22)20-17(13-21-9-5-6-10-21)15-7-3-2-4-8-15/h2-4,7-8,14,16-17,19H,5-6,9-13H2,1H3,(H,20,22). The fraction of sp³-hybridized carbons (Fsp3) is 0.611. The molecule has 0 radical (unpaired) electrons. The van der Waals surface area contributed by atoms with Crippen molar-refractivity contribution in [2.75, 3.05) is 32.7 Å². The third kappa shape index (κ3) is 3.68. The second-order valence-electron chi connectivity index (χ2n) is 6.69. The van der Waals surface area contributed by atoms with Crippen molar-refractivity contribution in [3.63, 3.8) is 0 Å². The highest BCUT2D eigenvalue weighted by Crippen LogP contribution is 2.21. The topological polar surface area (TPSA) is 44.4 Å². The van der Waals surface area contributed by atoms with E-state index in [9.17, 15) is 4.79 Å². The van der Waals surface area contributed by atoms with Gasteiger partial charge in [0.05, 0.1) is 6.04 Å². The first-order valence-corrected chi connectivity index (χ1v) is 8.52. The van der Waals surface area contributed by atoms with Gasteiger partial charge in [-0.3, -0.25) is 4.79 Å². The summed E-state index contributed by atoms with van der Waals surface area (Å²) in [4.78, 5) is 15.0. The number of benzene rings is 1. The van der Waals surface area contributed by atoms with Crippen LogP contribution in [0.5, 0.6) is 0 Å². The van der Waals surface area contributed by atoms with Gasteiger partial charge in [-0.05, 0) is 50.5 Å². The molecule has 2 aliphatic heterocycles. The van der Waals surface area contributed by atoms with Crippen LogP contribution in [-0.2, 0) is 4.79 Å². The number of rotatable bonds is 6. The minimum absolute atomic E-state index is 0.0889. The third-order valence-corrected chi connectivity index (χ3v) is 5.09. The van der Waals surface area contributed by atoms with Crippen molar-refractivity contribution < 1.29 is 4.79 Å². The van der Waals surface area contributed by atoms with Gasteiger partial charge in [0.1, 0.15) is 0 Å². The lowest BCUT2D eigenvalue weighted by Crippen LogP contribution is -2.50. The number of nitrogens with one attached hydrogen (secondary N) is 2. The van der Waals surface area contributed by atoms with Crippen molar-refractivity contribution in [2.45, 2.75) is 25.8 Å². The smallest absolute Gasteiger partial charge is 0.223 e. The molecule has 3 rings (SSSR count). The summed E-state index contributed by atoms with van der Waals surface area (Å²) in [5.74, 6) is 0.772. The molecule has 120 valence electrons. The van der Waals surface area contributed by atoms with Crippen LogP contribution in [-0.4, -0.2) is 43.5 Å². The summed E-state index contributed by atoms with van der Waals surface area (Å²) in [7, 11) is 0. The van der Waals surface area contributed by atoms with E-state index in [1.807, 2.05) is 6.07 Å². The quantitative estimate of drug-likeness (QED) is 0.842. The van der Waals surface area contributed by atoms with Crippen molar-refractivity contribution in [1.29, 1.82) is 0 Å². The Morgan fingerprint density at radius 1 is 1.27 bits per heavy atom. The molecule has 2 N–H and O–H groups in total. The van der Waals surface area contributed by atoms with Crippen LogP contribution in [0.3, 0.4) is 0 Å². The van der Waals surface area contributed by atoms with Crippen LogP contribution >= 0.6 is 0 Å². The zero-order valence-corrected chi connectivity index (χ0v) is 13.4. The summed E-state index contributed by atoms with van der Waals surface area (Å²) in [6.45, 7) is 7.22. The first-order valence-electron chi connectivity index (χ1n) is 8.52. The molecule has 22 heavy (non-hydrogen) atoms. The Bertz CT molecular complexity index is 480. The van der Waals surface area contributed by atoms with Gasteiger partial charge in [-0.1, -0.05) is 37.3 Å². The molecule has 1 aromatic rings. The fourth-order valence-electron chi connectivity index (χ4n) is 3.32. The number of amides is 1. The van der Waals surface area contributed by atoms with Crippen LogP contribution in [0.1, 0.15) is 31.4 Å². The van der Waals surface area contributed by atoms with E-state index in [4.69, 9.17) is 0 Å². The van der Waals surface area contributed by atoms with Gasteiger partial charge in [-0.15, -0.1) is 0 Å². The minimum atomic E-state index is 0.0889. The Morgan fingerprint density at radius 3 is 2.55 bits per heavy atom. The molecule has 4 heteroatoms. The first kappa shape index (κ1) is 15.5. The Morgan fingerprint density at radius 2 is 1.95 bits per heavy atom. The largest absolute Gasteiger partial charge is 0.348 e. The van der Waals surface area contributed by atoms with Gasteiger partial charge in [-0.25, -0.2) is 0 Å². The maximum atomic E-state index is 12.6. The molecule has 0 aromatic heterocycles. The molecule has 1 amide bonds. The highest BCUT2D eigenvalue weighted by molar-refractivity contribution is 5.79. The van der Waals surface area contributed by atoms with Crippen LogP contribution in [0.15, 0.2) is 30.3 Å². The summed E-state index contributed by atoms with van der Waals surface area (Å²) >= 11 is 0. The number of nitrogens with zero attached hydrogens (tertiary/aromatic N) is 1. The van der Waals surface area contributed by atoms with Crippen molar-refractivity contribution in [3.05, 3.63) is 35.9 Å².